The molecule has 0 amide bonds. The molecule has 0 aliphatic rings. The van der Waals surface area contributed by atoms with Gasteiger partial charge < -0.3 is 0 Å². The third-order valence-corrected chi connectivity index (χ3v) is 5.62. The summed E-state index contributed by atoms with van der Waals surface area (Å²) in [5, 5.41) is 0. The molecule has 0 spiro atoms. The molecule has 0 saturated carbocycles. The lowest BCUT2D eigenvalue weighted by Gasteiger charge is -2.14. The van der Waals surface area contributed by atoms with E-state index in [9.17, 15) is 0 Å². The summed E-state index contributed by atoms with van der Waals surface area (Å²) in [4.78, 5) is 0. The first-order chi connectivity index (χ1) is 12.5. The molecule has 0 N–H and O–H groups in total. The Kier molecular flexibility index (Phi) is 5.93. The van der Waals surface area contributed by atoms with Crippen molar-refractivity contribution in [1.82, 2.24) is 0 Å². The van der Waals surface area contributed by atoms with Crippen LogP contribution in [0.3, 0.4) is 0 Å². The molecule has 0 heterocycles. The van der Waals surface area contributed by atoms with Gasteiger partial charge in [0.1, 0.15) is 0 Å². The molecule has 3 rings (SSSR count). The Labute approximate surface area is 158 Å². The van der Waals surface area contributed by atoms with Crippen LogP contribution < -0.4 is 0 Å². The molecule has 0 fully saturated rings. The summed E-state index contributed by atoms with van der Waals surface area (Å²) in [7, 11) is 0. The van der Waals surface area contributed by atoms with Crippen molar-refractivity contribution in [2.45, 2.75) is 53.4 Å². The minimum Gasteiger partial charge on any atom is -0.0591 e. The molecule has 0 saturated heterocycles. The summed E-state index contributed by atoms with van der Waals surface area (Å²) in [5.74, 6) is 0. The van der Waals surface area contributed by atoms with Crippen LogP contribution in [0.5, 0.6) is 0 Å². The lowest BCUT2D eigenvalue weighted by molar-refractivity contribution is 0.916. The Morgan fingerprint density at radius 1 is 0.423 bits per heavy atom. The molecular formula is C26H30. The van der Waals surface area contributed by atoms with E-state index in [1.165, 1.54) is 44.5 Å². The van der Waals surface area contributed by atoms with E-state index in [2.05, 4.69) is 88.4 Å². The van der Waals surface area contributed by atoms with Crippen molar-refractivity contribution in [2.24, 2.45) is 0 Å². The Morgan fingerprint density at radius 2 is 0.769 bits per heavy atom. The van der Waals surface area contributed by atoms with E-state index in [4.69, 9.17) is 0 Å². The van der Waals surface area contributed by atoms with E-state index in [1.54, 1.807) is 0 Å². The highest BCUT2D eigenvalue weighted by Gasteiger charge is 2.07. The van der Waals surface area contributed by atoms with E-state index in [0.29, 0.717) is 0 Å². The molecule has 0 aliphatic heterocycles. The maximum Gasteiger partial charge on any atom is -0.0236 e. The Balaban J connectivity index is 1.65. The van der Waals surface area contributed by atoms with Crippen LogP contribution in [0.1, 0.15) is 44.5 Å². The smallest absolute Gasteiger partial charge is 0.0236 e. The van der Waals surface area contributed by atoms with Crippen LogP contribution >= 0.6 is 0 Å². The predicted octanol–water partition coefficient (Wildman–Crippen LogP) is 6.49. The third kappa shape index (κ3) is 4.64. The van der Waals surface area contributed by atoms with Gasteiger partial charge in [0.25, 0.3) is 0 Å². The summed E-state index contributed by atoms with van der Waals surface area (Å²) >= 11 is 0. The maximum absolute atomic E-state index is 2.35. The fourth-order valence-electron chi connectivity index (χ4n) is 3.54. The topological polar surface area (TPSA) is 0 Å². The summed E-state index contributed by atoms with van der Waals surface area (Å²) in [6.07, 6.45) is 4.47. The number of hydrogen-bond donors (Lipinski definition) is 0. The van der Waals surface area contributed by atoms with Gasteiger partial charge in [0.2, 0.25) is 0 Å². The molecule has 0 aromatic heterocycles. The number of aryl methyl sites for hydroxylation is 6. The minimum absolute atomic E-state index is 1.11. The number of hydrogen-bond acceptors (Lipinski definition) is 0. The third-order valence-electron chi connectivity index (χ3n) is 5.62. The van der Waals surface area contributed by atoms with Gasteiger partial charge >= 0.3 is 0 Å². The molecule has 0 unspecified atom stereocenters. The first-order valence-electron chi connectivity index (χ1n) is 9.72. The highest BCUT2D eigenvalue weighted by Crippen LogP contribution is 2.21. The van der Waals surface area contributed by atoms with Crippen LogP contribution in [0.2, 0.25) is 0 Å². The van der Waals surface area contributed by atoms with Gasteiger partial charge in [0, 0.05) is 0 Å². The fourth-order valence-corrected chi connectivity index (χ4v) is 3.54. The lowest BCUT2D eigenvalue weighted by Crippen LogP contribution is -2.01. The van der Waals surface area contributed by atoms with Gasteiger partial charge in [0.05, 0.1) is 0 Å². The Bertz CT molecular complexity index is 777. The first kappa shape index (κ1) is 18.5. The second-order valence-electron chi connectivity index (χ2n) is 7.61. The largest absolute Gasteiger partial charge is 0.0591 e. The zero-order valence-electron chi connectivity index (χ0n) is 16.6. The Morgan fingerprint density at radius 3 is 1.12 bits per heavy atom. The normalized spacial score (nSPS) is 10.9. The second kappa shape index (κ2) is 8.36. The van der Waals surface area contributed by atoms with Crippen molar-refractivity contribution in [3.63, 3.8) is 0 Å². The molecule has 0 aliphatic carbocycles. The zero-order chi connectivity index (χ0) is 18.5. The van der Waals surface area contributed by atoms with Crippen LogP contribution in [0.15, 0.2) is 60.7 Å². The molecule has 0 heteroatoms. The monoisotopic (exact) mass is 342 g/mol. The van der Waals surface area contributed by atoms with Crippen LogP contribution in [-0.4, -0.2) is 0 Å². The average molecular weight is 343 g/mol. The SMILES string of the molecule is Cc1ccc(CCc2ccc(CCc3ccc(C)cc3)c(C)c2C)cc1. The van der Waals surface area contributed by atoms with Crippen molar-refractivity contribution in [3.05, 3.63) is 105 Å². The first-order valence-corrected chi connectivity index (χ1v) is 9.72. The van der Waals surface area contributed by atoms with Crippen LogP contribution in [0.4, 0.5) is 0 Å². The fraction of sp³-hybridized carbons (Fsp3) is 0.308. The van der Waals surface area contributed by atoms with Gasteiger partial charge in [-0.3, -0.25) is 0 Å². The maximum atomic E-state index is 2.35. The van der Waals surface area contributed by atoms with Crippen LogP contribution in [-0.2, 0) is 25.7 Å². The van der Waals surface area contributed by atoms with E-state index in [1.807, 2.05) is 0 Å². The van der Waals surface area contributed by atoms with Gasteiger partial charge in [-0.15, -0.1) is 0 Å². The van der Waals surface area contributed by atoms with E-state index in [0.717, 1.165) is 25.7 Å². The summed E-state index contributed by atoms with van der Waals surface area (Å²) in [5.41, 5.74) is 11.4. The number of benzene rings is 3. The quantitative estimate of drug-likeness (QED) is 0.480. The molecule has 0 radical (unpaired) electrons. The molecule has 134 valence electrons. The summed E-state index contributed by atoms with van der Waals surface area (Å²) in [6.45, 7) is 8.86. The molecule has 3 aromatic rings. The summed E-state index contributed by atoms with van der Waals surface area (Å²) < 4.78 is 0. The van der Waals surface area contributed by atoms with Crippen molar-refractivity contribution in [1.29, 1.82) is 0 Å². The van der Waals surface area contributed by atoms with Crippen LogP contribution in [0, 0.1) is 27.7 Å². The second-order valence-corrected chi connectivity index (χ2v) is 7.61. The van der Waals surface area contributed by atoms with Gasteiger partial charge in [0.15, 0.2) is 0 Å². The van der Waals surface area contributed by atoms with E-state index in [-0.39, 0.29) is 0 Å². The lowest BCUT2D eigenvalue weighted by atomic mass is 9.91. The van der Waals surface area contributed by atoms with Gasteiger partial charge in [-0.05, 0) is 86.8 Å². The van der Waals surface area contributed by atoms with E-state index >= 15 is 0 Å². The molecule has 0 atom stereocenters. The predicted molar refractivity (Wildman–Crippen MR) is 113 cm³/mol. The number of rotatable bonds is 6. The molecule has 26 heavy (non-hydrogen) atoms. The Hall–Kier alpha value is -2.34. The van der Waals surface area contributed by atoms with Crippen molar-refractivity contribution in [3.8, 4) is 0 Å². The van der Waals surface area contributed by atoms with Crippen molar-refractivity contribution >= 4 is 0 Å². The highest BCUT2D eigenvalue weighted by molar-refractivity contribution is 5.40. The molecule has 0 nitrogen and oxygen atoms in total. The standard InChI is InChI=1S/C26H30/c1-19-5-9-23(10-6-19)13-15-25-17-18-26(22(4)21(25)3)16-14-24-11-7-20(2)8-12-24/h5-12,17-18H,13-16H2,1-4H3. The molecule has 0 bridgehead atoms. The zero-order valence-corrected chi connectivity index (χ0v) is 16.6. The average Bonchev–Trinajstić information content (AvgIpc) is 2.65. The molecular weight excluding hydrogens is 312 g/mol. The van der Waals surface area contributed by atoms with Gasteiger partial charge in [-0.1, -0.05) is 71.8 Å². The van der Waals surface area contributed by atoms with Gasteiger partial charge in [-0.2, -0.15) is 0 Å². The molecule has 3 aromatic carbocycles. The minimum atomic E-state index is 1.11. The van der Waals surface area contributed by atoms with Crippen molar-refractivity contribution < 1.29 is 0 Å². The summed E-state index contributed by atoms with van der Waals surface area (Å²) in [6, 6.07) is 22.6. The van der Waals surface area contributed by atoms with Gasteiger partial charge in [-0.25, -0.2) is 0 Å². The highest BCUT2D eigenvalue weighted by atomic mass is 14.1. The van der Waals surface area contributed by atoms with Crippen molar-refractivity contribution in [2.75, 3.05) is 0 Å². The van der Waals surface area contributed by atoms with E-state index < -0.39 is 0 Å². The van der Waals surface area contributed by atoms with Crippen LogP contribution in [0.25, 0.3) is 0 Å².